The Morgan fingerprint density at radius 3 is 2.31 bits per heavy atom. The number of rotatable bonds is 14. The maximum absolute atomic E-state index is 14.7. The van der Waals surface area contributed by atoms with Crippen molar-refractivity contribution >= 4 is 23.4 Å². The van der Waals surface area contributed by atoms with Crippen molar-refractivity contribution in [3.63, 3.8) is 0 Å². The van der Waals surface area contributed by atoms with Crippen LogP contribution in [0.4, 0.5) is 5.69 Å². The smallest absolute Gasteiger partial charge is 0.248 e. The fraction of sp³-hybridized carbons (Fsp3) is 0.618. The third-order valence-corrected chi connectivity index (χ3v) is 9.93. The number of benzene rings is 1. The molecule has 8 nitrogen and oxygen atoms in total. The van der Waals surface area contributed by atoms with Gasteiger partial charge in [-0.2, -0.15) is 0 Å². The van der Waals surface area contributed by atoms with E-state index in [1.54, 1.807) is 26.9 Å². The van der Waals surface area contributed by atoms with E-state index in [4.69, 9.17) is 4.74 Å². The summed E-state index contributed by atoms with van der Waals surface area (Å²) in [5.74, 6) is -2.37. The highest BCUT2D eigenvalue weighted by atomic mass is 16.5. The number of hydrogen-bond donors (Lipinski definition) is 1. The number of nitrogens with zero attached hydrogens (tertiary/aromatic N) is 3. The van der Waals surface area contributed by atoms with Gasteiger partial charge in [-0.15, -0.1) is 13.2 Å². The van der Waals surface area contributed by atoms with Crippen LogP contribution < -0.4 is 4.90 Å². The normalized spacial score (nSPS) is 29.4. The number of fused-ring (bicyclic) bond motifs is 1. The molecular weight excluding hydrogens is 530 g/mol. The zero-order chi connectivity index (χ0) is 30.8. The highest BCUT2D eigenvalue weighted by Gasteiger charge is 2.79. The molecule has 3 aliphatic rings. The van der Waals surface area contributed by atoms with Crippen LogP contribution in [0.1, 0.15) is 66.7 Å². The molecule has 3 unspecified atom stereocenters. The van der Waals surface area contributed by atoms with Crippen LogP contribution in [0.25, 0.3) is 0 Å². The Morgan fingerprint density at radius 1 is 1.10 bits per heavy atom. The molecule has 0 radical (unpaired) electrons. The molecule has 3 heterocycles. The largest absolute Gasteiger partial charge is 0.394 e. The van der Waals surface area contributed by atoms with Gasteiger partial charge in [0.1, 0.15) is 11.6 Å². The van der Waals surface area contributed by atoms with Crippen LogP contribution in [-0.2, 0) is 19.1 Å². The predicted octanol–water partition coefficient (Wildman–Crippen LogP) is 4.58. The van der Waals surface area contributed by atoms with Gasteiger partial charge in [-0.25, -0.2) is 0 Å². The lowest BCUT2D eigenvalue weighted by molar-refractivity contribution is -0.158. The zero-order valence-electron chi connectivity index (χ0n) is 26.0. The van der Waals surface area contributed by atoms with Crippen LogP contribution >= 0.6 is 0 Å². The molecule has 0 saturated carbocycles. The Balaban J connectivity index is 1.88. The fourth-order valence-electron chi connectivity index (χ4n) is 7.87. The molecule has 1 N–H and O–H groups in total. The minimum absolute atomic E-state index is 0.0724. The molecule has 230 valence electrons. The van der Waals surface area contributed by atoms with Crippen molar-refractivity contribution in [2.45, 2.75) is 96.1 Å². The summed E-state index contributed by atoms with van der Waals surface area (Å²) in [6.07, 6.45) is 6.73. The Kier molecular flexibility index (Phi) is 9.68. The summed E-state index contributed by atoms with van der Waals surface area (Å²) in [5.41, 5.74) is -1.29. The molecule has 3 aliphatic heterocycles. The summed E-state index contributed by atoms with van der Waals surface area (Å²) >= 11 is 0. The van der Waals surface area contributed by atoms with Gasteiger partial charge in [0.05, 0.1) is 30.1 Å². The van der Waals surface area contributed by atoms with Crippen molar-refractivity contribution in [1.82, 2.24) is 9.80 Å². The Hall–Kier alpha value is -2.97. The molecule has 0 aliphatic carbocycles. The number of aliphatic hydroxyl groups excluding tert-OH is 1. The van der Waals surface area contributed by atoms with E-state index in [2.05, 4.69) is 20.1 Å². The van der Waals surface area contributed by atoms with Crippen LogP contribution in [0, 0.1) is 17.8 Å². The first kappa shape index (κ1) is 32.0. The molecule has 4 rings (SSSR count). The molecule has 7 atom stereocenters. The summed E-state index contributed by atoms with van der Waals surface area (Å²) in [6.45, 7) is 18.1. The van der Waals surface area contributed by atoms with Crippen LogP contribution in [0.5, 0.6) is 0 Å². The number of likely N-dealkylation sites (tertiary alicyclic amines) is 1. The third-order valence-electron chi connectivity index (χ3n) is 9.93. The molecule has 3 amide bonds. The lowest BCUT2D eigenvalue weighted by Gasteiger charge is -2.42. The molecule has 3 fully saturated rings. The van der Waals surface area contributed by atoms with Crippen molar-refractivity contribution in [3.8, 4) is 0 Å². The van der Waals surface area contributed by atoms with Gasteiger partial charge >= 0.3 is 0 Å². The fourth-order valence-corrected chi connectivity index (χ4v) is 7.87. The average molecular weight is 580 g/mol. The molecule has 42 heavy (non-hydrogen) atoms. The predicted molar refractivity (Wildman–Crippen MR) is 165 cm³/mol. The van der Waals surface area contributed by atoms with Gasteiger partial charge in [0, 0.05) is 24.8 Å². The Labute approximate surface area is 251 Å². The molecule has 0 aromatic heterocycles. The van der Waals surface area contributed by atoms with Crippen molar-refractivity contribution in [3.05, 3.63) is 55.6 Å². The minimum atomic E-state index is -1.16. The van der Waals surface area contributed by atoms with Gasteiger partial charge < -0.3 is 24.5 Å². The second kappa shape index (κ2) is 12.7. The Bertz CT molecular complexity index is 1170. The van der Waals surface area contributed by atoms with E-state index in [9.17, 15) is 19.5 Å². The summed E-state index contributed by atoms with van der Waals surface area (Å²) in [5, 5.41) is 10.6. The summed E-state index contributed by atoms with van der Waals surface area (Å²) in [6, 6.07) is 7.81. The lowest BCUT2D eigenvalue weighted by atomic mass is 9.64. The van der Waals surface area contributed by atoms with Crippen LogP contribution in [-0.4, -0.2) is 81.7 Å². The van der Waals surface area contributed by atoms with Crippen molar-refractivity contribution in [2.24, 2.45) is 17.8 Å². The third kappa shape index (κ3) is 5.00. The lowest BCUT2D eigenvalue weighted by Crippen LogP contribution is -2.60. The van der Waals surface area contributed by atoms with E-state index < -0.39 is 35.1 Å². The second-order valence-corrected chi connectivity index (χ2v) is 12.6. The van der Waals surface area contributed by atoms with Gasteiger partial charge in [-0.3, -0.25) is 14.4 Å². The number of carbonyl (C=O) groups is 3. The van der Waals surface area contributed by atoms with Crippen LogP contribution in [0.15, 0.2) is 55.6 Å². The highest BCUT2D eigenvalue weighted by molar-refractivity contribution is 6.03. The first-order chi connectivity index (χ1) is 20.1. The van der Waals surface area contributed by atoms with Gasteiger partial charge in [-0.05, 0) is 50.7 Å². The van der Waals surface area contributed by atoms with E-state index in [1.807, 2.05) is 58.0 Å². The maximum Gasteiger partial charge on any atom is 0.248 e. The average Bonchev–Trinajstić information content (AvgIpc) is 3.58. The number of carbonyl (C=O) groups excluding carboxylic acids is 3. The van der Waals surface area contributed by atoms with Gasteiger partial charge in [-0.1, -0.05) is 64.5 Å². The van der Waals surface area contributed by atoms with Gasteiger partial charge in [0.2, 0.25) is 17.7 Å². The van der Waals surface area contributed by atoms with E-state index in [0.717, 1.165) is 18.5 Å². The topological polar surface area (TPSA) is 90.4 Å². The first-order valence-electron chi connectivity index (χ1n) is 15.6. The quantitative estimate of drug-likeness (QED) is 0.326. The van der Waals surface area contributed by atoms with Gasteiger partial charge in [0.25, 0.3) is 0 Å². The molecule has 8 heteroatoms. The molecule has 2 bridgehead atoms. The number of para-hydroxylation sites is 1. The number of ether oxygens (including phenoxy) is 1. The molecule has 1 aromatic carbocycles. The zero-order valence-corrected chi connectivity index (χ0v) is 26.0. The summed E-state index contributed by atoms with van der Waals surface area (Å²) in [7, 11) is 0. The van der Waals surface area contributed by atoms with E-state index >= 15 is 0 Å². The van der Waals surface area contributed by atoms with E-state index in [0.29, 0.717) is 25.8 Å². The monoisotopic (exact) mass is 579 g/mol. The summed E-state index contributed by atoms with van der Waals surface area (Å²) in [4.78, 5) is 49.1. The summed E-state index contributed by atoms with van der Waals surface area (Å²) < 4.78 is 7.00. The van der Waals surface area contributed by atoms with Crippen molar-refractivity contribution < 1.29 is 24.2 Å². The molecular formula is C34H49N3O5. The van der Waals surface area contributed by atoms with E-state index in [-0.39, 0.29) is 42.8 Å². The highest BCUT2D eigenvalue weighted by Crippen LogP contribution is 2.65. The van der Waals surface area contributed by atoms with Crippen LogP contribution in [0.3, 0.4) is 0 Å². The Morgan fingerprint density at radius 2 is 1.76 bits per heavy atom. The number of amides is 3. The molecule has 1 aromatic rings. The van der Waals surface area contributed by atoms with Crippen LogP contribution in [0.2, 0.25) is 0 Å². The number of anilines is 1. The van der Waals surface area contributed by atoms with Crippen molar-refractivity contribution in [1.29, 1.82) is 0 Å². The van der Waals surface area contributed by atoms with Crippen molar-refractivity contribution in [2.75, 3.05) is 24.6 Å². The SMILES string of the molecule is C=CCN(C(=O)[C@@H]1[C@H]2C(=O)N([C@@H](CO)C(C)C)C(C(=O)N(CC=C)C(C)CCC)C23CC[C@@]1(CC)O3)c1ccccc1. The van der Waals surface area contributed by atoms with E-state index in [1.165, 1.54) is 0 Å². The number of aliphatic hydroxyl groups is 1. The maximum atomic E-state index is 14.7. The number of hydrogen-bond acceptors (Lipinski definition) is 5. The molecule has 3 saturated heterocycles. The van der Waals surface area contributed by atoms with Gasteiger partial charge in [0.15, 0.2) is 0 Å². The first-order valence-corrected chi connectivity index (χ1v) is 15.6. The second-order valence-electron chi connectivity index (χ2n) is 12.6. The standard InChI is InChI=1S/C34H49N3O5/c1-8-15-24(7)35(20-9-2)32(41)29-34-19-18-33(11-4,42-34)27(28(34)31(40)37(29)26(22-38)23(5)6)30(39)36(21-10-3)25-16-13-12-14-17-25/h9-10,12-14,16-17,23-24,26-29,38H,2-3,8,11,15,18-22H2,1,4-7H3/t24?,26-,27-,28-,29?,33+,34?/m0/s1. The minimum Gasteiger partial charge on any atom is -0.394 e. The molecule has 1 spiro atoms.